The quantitative estimate of drug-likeness (QED) is 0.164. The molecule has 0 aliphatic heterocycles. The number of benzene rings is 10. The van der Waals surface area contributed by atoms with Gasteiger partial charge in [0, 0.05) is 54.2 Å². The Bertz CT molecular complexity index is 4790. The fraction of sp³-hybridized carbons (Fsp3) is 0. The Labute approximate surface area is 445 Å². The Balaban J connectivity index is 1.38. The number of aromatic nitrogens is 5. The maximum absolute atomic E-state index is 11.0. The van der Waals surface area contributed by atoms with Crippen LogP contribution >= 0.6 is 0 Å². The highest BCUT2D eigenvalue weighted by Crippen LogP contribution is 2.54. The molecule has 15 rings (SSSR count). The zero-order chi connectivity index (χ0) is 52.2. The zero-order valence-corrected chi connectivity index (χ0v) is 41.4. The summed E-state index contributed by atoms with van der Waals surface area (Å²) >= 11 is 0. The number of hydrogen-bond donors (Lipinski definition) is 0. The third-order valence-corrected chi connectivity index (χ3v) is 15.4. The van der Waals surface area contributed by atoms with E-state index < -0.39 is 0 Å². The summed E-state index contributed by atoms with van der Waals surface area (Å²) in [6.07, 6.45) is 0. The molecule has 15 aromatic rings. The number of rotatable bonds is 6. The van der Waals surface area contributed by atoms with Crippen molar-refractivity contribution < 1.29 is 0 Å². The van der Waals surface area contributed by atoms with Crippen LogP contribution in [0.2, 0.25) is 0 Å². The van der Waals surface area contributed by atoms with Gasteiger partial charge in [-0.25, -0.2) is 4.98 Å². The molecule has 0 amide bonds. The second kappa shape index (κ2) is 17.0. The normalized spacial score (nSPS) is 11.5. The molecule has 0 aliphatic carbocycles. The Hall–Kier alpha value is -11.5. The molecule has 0 fully saturated rings. The van der Waals surface area contributed by atoms with Crippen molar-refractivity contribution in [1.29, 1.82) is 21.0 Å². The summed E-state index contributed by atoms with van der Waals surface area (Å²) in [6.45, 7) is 0. The van der Waals surface area contributed by atoms with E-state index in [9.17, 15) is 21.0 Å². The van der Waals surface area contributed by atoms with E-state index in [-0.39, 0.29) is 11.4 Å². The third-order valence-electron chi connectivity index (χ3n) is 15.4. The molecule has 0 saturated carbocycles. The molecule has 9 heteroatoms. The van der Waals surface area contributed by atoms with Gasteiger partial charge in [-0.3, -0.25) is 0 Å². The predicted molar refractivity (Wildman–Crippen MR) is 311 cm³/mol. The molecular formula is C69H37N9. The van der Waals surface area contributed by atoms with Gasteiger partial charge >= 0.3 is 0 Å². The molecule has 358 valence electrons. The summed E-state index contributed by atoms with van der Waals surface area (Å²) in [4.78, 5) is 4.57. The smallest absolute Gasteiger partial charge is 0.142 e. The van der Waals surface area contributed by atoms with Gasteiger partial charge in [0.15, 0.2) is 0 Å². The number of fused-ring (bicyclic) bond motifs is 12. The first-order valence-electron chi connectivity index (χ1n) is 25.5. The molecule has 0 radical (unpaired) electrons. The average Bonchev–Trinajstić information content (AvgIpc) is 3.61. The molecule has 9 nitrogen and oxygen atoms in total. The minimum Gasteiger partial charge on any atom is -0.308 e. The van der Waals surface area contributed by atoms with Gasteiger partial charge in [-0.2, -0.15) is 21.0 Å². The highest BCUT2D eigenvalue weighted by Gasteiger charge is 2.36. The number of para-hydroxylation sites is 8. The Kier molecular flexibility index (Phi) is 9.62. The molecule has 78 heavy (non-hydrogen) atoms. The molecule has 0 atom stereocenters. The highest BCUT2D eigenvalue weighted by atomic mass is 15.1. The lowest BCUT2D eigenvalue weighted by Gasteiger charge is -2.31. The first kappa shape index (κ1) is 44.0. The minimum absolute atomic E-state index is 0.0649. The van der Waals surface area contributed by atoms with Crippen molar-refractivity contribution in [3.8, 4) is 69.3 Å². The van der Waals surface area contributed by atoms with E-state index in [0.717, 1.165) is 104 Å². The van der Waals surface area contributed by atoms with E-state index in [0.29, 0.717) is 39.1 Å². The lowest BCUT2D eigenvalue weighted by molar-refractivity contribution is 1.04. The van der Waals surface area contributed by atoms with Crippen LogP contribution in [0.15, 0.2) is 224 Å². The summed E-state index contributed by atoms with van der Waals surface area (Å²) in [7, 11) is 0. The van der Waals surface area contributed by atoms with E-state index in [1.807, 2.05) is 24.3 Å². The van der Waals surface area contributed by atoms with Gasteiger partial charge in [0.05, 0.1) is 90.1 Å². The van der Waals surface area contributed by atoms with Crippen molar-refractivity contribution in [3.05, 3.63) is 247 Å². The minimum atomic E-state index is 0.0649. The van der Waals surface area contributed by atoms with Crippen LogP contribution in [0, 0.1) is 45.3 Å². The van der Waals surface area contributed by atoms with Crippen molar-refractivity contribution in [2.75, 3.05) is 0 Å². The fourth-order valence-electron chi connectivity index (χ4n) is 12.5. The summed E-state index contributed by atoms with van der Waals surface area (Å²) in [6, 6.07) is 86.0. The lowest BCUT2D eigenvalue weighted by atomic mass is 9.88. The largest absolute Gasteiger partial charge is 0.308 e. The molecule has 0 saturated heterocycles. The van der Waals surface area contributed by atoms with Crippen LogP contribution in [-0.4, -0.2) is 23.3 Å². The first-order valence-corrected chi connectivity index (χ1v) is 25.5. The van der Waals surface area contributed by atoms with Crippen LogP contribution < -0.4 is 0 Å². The molecular weight excluding hydrogens is 955 g/mol. The van der Waals surface area contributed by atoms with E-state index in [1.54, 1.807) is 18.2 Å². The van der Waals surface area contributed by atoms with E-state index in [4.69, 9.17) is 0 Å². The number of pyridine rings is 1. The molecule has 10 aromatic carbocycles. The Morgan fingerprint density at radius 2 is 0.500 bits per heavy atom. The molecule has 0 bridgehead atoms. The van der Waals surface area contributed by atoms with E-state index >= 15 is 0 Å². The number of nitrogens with zero attached hydrogens (tertiary/aromatic N) is 9. The highest BCUT2D eigenvalue weighted by molar-refractivity contribution is 6.18. The maximum atomic E-state index is 11.0. The molecule has 0 N–H and O–H groups in total. The Morgan fingerprint density at radius 1 is 0.256 bits per heavy atom. The Morgan fingerprint density at radius 3 is 0.769 bits per heavy atom. The lowest BCUT2D eigenvalue weighted by Crippen LogP contribution is -2.16. The van der Waals surface area contributed by atoms with Crippen LogP contribution in [0.4, 0.5) is 0 Å². The van der Waals surface area contributed by atoms with E-state index in [1.165, 1.54) is 0 Å². The van der Waals surface area contributed by atoms with E-state index in [2.05, 4.69) is 230 Å². The van der Waals surface area contributed by atoms with Gasteiger partial charge < -0.3 is 18.3 Å². The molecule has 0 spiro atoms. The molecule has 5 heterocycles. The second-order valence-corrected chi connectivity index (χ2v) is 19.5. The second-order valence-electron chi connectivity index (χ2n) is 19.5. The average molecular weight is 992 g/mol. The SMILES string of the molecule is N#Cc1cc(C#N)cc(-c2c(-n3c4ccccc4c4ccccc43)c(-c3cc(C#N)nc(C#N)c3)c(-n3c4ccccc4c4ccccc43)c(-n3c4ccccc4c4ccccc43)c2-n2c3ccccc3c3ccccc32)c1. The fourth-order valence-corrected chi connectivity index (χ4v) is 12.5. The number of nitriles is 4. The van der Waals surface area contributed by atoms with Gasteiger partial charge in [0.2, 0.25) is 0 Å². The van der Waals surface area contributed by atoms with Crippen molar-refractivity contribution in [3.63, 3.8) is 0 Å². The van der Waals surface area contributed by atoms with Crippen LogP contribution in [0.1, 0.15) is 22.5 Å². The van der Waals surface area contributed by atoms with Gasteiger partial charge in [0.25, 0.3) is 0 Å². The van der Waals surface area contributed by atoms with Crippen molar-refractivity contribution in [1.82, 2.24) is 23.3 Å². The van der Waals surface area contributed by atoms with Crippen molar-refractivity contribution in [2.45, 2.75) is 0 Å². The van der Waals surface area contributed by atoms with Gasteiger partial charge in [-0.05, 0) is 90.0 Å². The summed E-state index contributed by atoms with van der Waals surface area (Å²) < 4.78 is 9.42. The first-order chi connectivity index (χ1) is 38.6. The van der Waals surface area contributed by atoms with Gasteiger partial charge in [-0.1, -0.05) is 146 Å². The van der Waals surface area contributed by atoms with Crippen LogP contribution in [-0.2, 0) is 0 Å². The third kappa shape index (κ3) is 6.22. The maximum Gasteiger partial charge on any atom is 0.142 e. The topological polar surface area (TPSA) is 128 Å². The molecule has 0 unspecified atom stereocenters. The summed E-state index contributed by atoms with van der Waals surface area (Å²) in [5, 5.41) is 52.1. The van der Waals surface area contributed by atoms with Crippen LogP contribution in [0.25, 0.3) is 132 Å². The van der Waals surface area contributed by atoms with Gasteiger partial charge in [-0.15, -0.1) is 0 Å². The zero-order valence-electron chi connectivity index (χ0n) is 41.4. The van der Waals surface area contributed by atoms with Crippen LogP contribution in [0.5, 0.6) is 0 Å². The van der Waals surface area contributed by atoms with Crippen molar-refractivity contribution in [2.24, 2.45) is 0 Å². The monoisotopic (exact) mass is 991 g/mol. The summed E-state index contributed by atoms with van der Waals surface area (Å²) in [5.74, 6) is 0. The van der Waals surface area contributed by atoms with Gasteiger partial charge in [0.1, 0.15) is 23.5 Å². The predicted octanol–water partition coefficient (Wildman–Crippen LogP) is 16.3. The molecule has 0 aliphatic rings. The number of hydrogen-bond acceptors (Lipinski definition) is 5. The standard InChI is InChI=1S/C69H37N9/c70-38-42-33-43(39-71)35-44(34-42)64-66(75-56-25-9-1-17-48(56)49-18-2-10-26-57(49)75)65(45-36-46(40-72)74-47(37-45)41-73)68(77-60-29-13-5-21-52(60)53-22-6-14-30-61(53)77)69(78-62-31-15-7-23-54(62)55-24-8-16-32-63(55)78)67(64)76-58-27-11-3-19-50(58)51-20-4-12-28-59(51)76/h1-37H. The van der Waals surface area contributed by atoms with Crippen LogP contribution in [0.3, 0.4) is 0 Å². The molecule has 5 aromatic heterocycles. The summed E-state index contributed by atoms with van der Waals surface area (Å²) in [5.41, 5.74) is 13.5. The van der Waals surface area contributed by atoms with Crippen molar-refractivity contribution >= 4 is 87.2 Å².